The van der Waals surface area contributed by atoms with Crippen LogP contribution < -0.4 is 4.74 Å². The Hall–Kier alpha value is -1.02. The second-order valence-electron chi connectivity index (χ2n) is 3.22. The van der Waals surface area contributed by atoms with Gasteiger partial charge in [0.25, 0.3) is 0 Å². The fourth-order valence-electron chi connectivity index (χ4n) is 1.49. The molecule has 2 nitrogen and oxygen atoms in total. The second-order valence-corrected chi connectivity index (χ2v) is 3.22. The molecule has 1 aromatic carbocycles. The van der Waals surface area contributed by atoms with Crippen LogP contribution in [0.5, 0.6) is 5.75 Å². The van der Waals surface area contributed by atoms with Gasteiger partial charge in [0.1, 0.15) is 5.75 Å². The number of benzene rings is 1. The Morgan fingerprint density at radius 1 is 1.31 bits per heavy atom. The molecule has 0 fully saturated rings. The highest BCUT2D eigenvalue weighted by Gasteiger charge is 2.04. The first kappa shape index (κ1) is 10.1. The monoisotopic (exact) mass is 180 g/mol. The van der Waals surface area contributed by atoms with E-state index in [9.17, 15) is 0 Å². The van der Waals surface area contributed by atoms with E-state index < -0.39 is 0 Å². The van der Waals surface area contributed by atoms with Crippen molar-refractivity contribution in [2.45, 2.75) is 20.3 Å². The predicted octanol–water partition coefficient (Wildman–Crippen LogP) is 1.85. The van der Waals surface area contributed by atoms with Crippen LogP contribution >= 0.6 is 0 Å². The van der Waals surface area contributed by atoms with Gasteiger partial charge in [0, 0.05) is 6.61 Å². The maximum Gasteiger partial charge on any atom is 0.122 e. The summed E-state index contributed by atoms with van der Waals surface area (Å²) in [5, 5.41) is 8.86. The first-order chi connectivity index (χ1) is 6.19. The molecule has 0 saturated carbocycles. The lowest BCUT2D eigenvalue weighted by molar-refractivity contribution is 0.299. The quantitative estimate of drug-likeness (QED) is 0.769. The third kappa shape index (κ3) is 2.22. The zero-order valence-corrected chi connectivity index (χ0v) is 8.42. The normalized spacial score (nSPS) is 10.2. The maximum absolute atomic E-state index is 8.86. The number of hydrogen-bond donors (Lipinski definition) is 1. The summed E-state index contributed by atoms with van der Waals surface area (Å²) in [6.07, 6.45) is 0.698. The molecule has 1 rings (SSSR count). The van der Waals surface area contributed by atoms with Crippen molar-refractivity contribution in [1.29, 1.82) is 0 Å². The van der Waals surface area contributed by atoms with Gasteiger partial charge in [-0.15, -0.1) is 0 Å². The van der Waals surface area contributed by atoms with Crippen molar-refractivity contribution in [2.24, 2.45) is 0 Å². The number of hydrogen-bond acceptors (Lipinski definition) is 2. The molecule has 2 heteroatoms. The third-order valence-electron chi connectivity index (χ3n) is 2.21. The number of ether oxygens (including phenoxy) is 1. The van der Waals surface area contributed by atoms with E-state index in [0.717, 1.165) is 11.3 Å². The largest absolute Gasteiger partial charge is 0.496 e. The Morgan fingerprint density at radius 2 is 2.00 bits per heavy atom. The molecule has 0 bridgehead atoms. The molecule has 0 radical (unpaired) electrons. The van der Waals surface area contributed by atoms with E-state index in [1.54, 1.807) is 7.11 Å². The maximum atomic E-state index is 8.86. The van der Waals surface area contributed by atoms with E-state index >= 15 is 0 Å². The zero-order chi connectivity index (χ0) is 9.84. The first-order valence-corrected chi connectivity index (χ1v) is 4.44. The zero-order valence-electron chi connectivity index (χ0n) is 8.42. The van der Waals surface area contributed by atoms with Gasteiger partial charge >= 0.3 is 0 Å². The van der Waals surface area contributed by atoms with E-state index in [2.05, 4.69) is 6.07 Å². The van der Waals surface area contributed by atoms with Crippen LogP contribution in [0.4, 0.5) is 0 Å². The number of methoxy groups -OCH3 is 1. The molecule has 1 aromatic rings. The van der Waals surface area contributed by atoms with Crippen LogP contribution in [-0.2, 0) is 6.42 Å². The average molecular weight is 180 g/mol. The molecule has 0 amide bonds. The van der Waals surface area contributed by atoms with Crippen LogP contribution in [0.25, 0.3) is 0 Å². The fourth-order valence-corrected chi connectivity index (χ4v) is 1.49. The topological polar surface area (TPSA) is 29.5 Å². The van der Waals surface area contributed by atoms with Gasteiger partial charge in [0.05, 0.1) is 7.11 Å². The molecule has 0 atom stereocenters. The summed E-state index contributed by atoms with van der Waals surface area (Å²) >= 11 is 0. The van der Waals surface area contributed by atoms with Gasteiger partial charge in [0.15, 0.2) is 0 Å². The van der Waals surface area contributed by atoms with Crippen molar-refractivity contribution in [2.75, 3.05) is 13.7 Å². The summed E-state index contributed by atoms with van der Waals surface area (Å²) in [7, 11) is 1.67. The Kier molecular flexibility index (Phi) is 3.32. The predicted molar refractivity (Wildman–Crippen MR) is 53.3 cm³/mol. The molecular formula is C11H16O2. The van der Waals surface area contributed by atoms with Crippen molar-refractivity contribution in [3.8, 4) is 5.75 Å². The van der Waals surface area contributed by atoms with Crippen LogP contribution in [0.1, 0.15) is 16.7 Å². The summed E-state index contributed by atoms with van der Waals surface area (Å²) in [5.41, 5.74) is 3.47. The Morgan fingerprint density at radius 3 is 2.54 bits per heavy atom. The van der Waals surface area contributed by atoms with E-state index in [0.29, 0.717) is 6.42 Å². The minimum atomic E-state index is 0.188. The number of aryl methyl sites for hydroxylation is 1. The van der Waals surface area contributed by atoms with Crippen molar-refractivity contribution < 1.29 is 9.84 Å². The average Bonchev–Trinajstić information content (AvgIpc) is 2.11. The molecule has 0 saturated heterocycles. The van der Waals surface area contributed by atoms with E-state index in [-0.39, 0.29) is 6.61 Å². The number of aliphatic hydroxyl groups excluding tert-OH is 1. The highest BCUT2D eigenvalue weighted by atomic mass is 16.5. The van der Waals surface area contributed by atoms with Crippen molar-refractivity contribution in [3.63, 3.8) is 0 Å². The molecule has 0 unspecified atom stereocenters. The lowest BCUT2D eigenvalue weighted by Crippen LogP contribution is -1.98. The summed E-state index contributed by atoms with van der Waals surface area (Å²) in [4.78, 5) is 0. The second kappa shape index (κ2) is 4.28. The summed E-state index contributed by atoms with van der Waals surface area (Å²) in [5.74, 6) is 0.906. The molecule has 1 N–H and O–H groups in total. The van der Waals surface area contributed by atoms with Gasteiger partial charge in [-0.2, -0.15) is 0 Å². The third-order valence-corrected chi connectivity index (χ3v) is 2.21. The van der Waals surface area contributed by atoms with Crippen LogP contribution in [0.3, 0.4) is 0 Å². The molecule has 0 spiro atoms. The summed E-state index contributed by atoms with van der Waals surface area (Å²) < 4.78 is 5.23. The van der Waals surface area contributed by atoms with Gasteiger partial charge in [0.2, 0.25) is 0 Å². The minimum absolute atomic E-state index is 0.188. The van der Waals surface area contributed by atoms with Crippen LogP contribution in [0.15, 0.2) is 12.1 Å². The molecule has 0 aliphatic rings. The fraction of sp³-hybridized carbons (Fsp3) is 0.455. The lowest BCUT2D eigenvalue weighted by Gasteiger charge is -2.10. The van der Waals surface area contributed by atoms with Crippen LogP contribution in [0.2, 0.25) is 0 Å². The van der Waals surface area contributed by atoms with E-state index in [1.807, 2.05) is 19.9 Å². The molecule has 13 heavy (non-hydrogen) atoms. The molecule has 0 aromatic heterocycles. The SMILES string of the molecule is COc1cc(C)cc(CCO)c1C. The van der Waals surface area contributed by atoms with Gasteiger partial charge in [-0.3, -0.25) is 0 Å². The number of rotatable bonds is 3. The van der Waals surface area contributed by atoms with Crippen molar-refractivity contribution in [1.82, 2.24) is 0 Å². The first-order valence-electron chi connectivity index (χ1n) is 4.44. The van der Waals surface area contributed by atoms with Gasteiger partial charge in [-0.1, -0.05) is 6.07 Å². The highest BCUT2D eigenvalue weighted by Crippen LogP contribution is 2.23. The van der Waals surface area contributed by atoms with Gasteiger partial charge in [-0.05, 0) is 43.0 Å². The van der Waals surface area contributed by atoms with Crippen LogP contribution in [-0.4, -0.2) is 18.8 Å². The van der Waals surface area contributed by atoms with Crippen molar-refractivity contribution in [3.05, 3.63) is 28.8 Å². The molecule has 0 aliphatic heterocycles. The standard InChI is InChI=1S/C11H16O2/c1-8-6-10(4-5-12)9(2)11(7-8)13-3/h6-7,12H,4-5H2,1-3H3. The Labute approximate surface area is 79.2 Å². The molecule has 0 aliphatic carbocycles. The Bertz CT molecular complexity index is 292. The van der Waals surface area contributed by atoms with E-state index in [4.69, 9.17) is 9.84 Å². The molecule has 0 heterocycles. The van der Waals surface area contributed by atoms with Gasteiger partial charge in [-0.25, -0.2) is 0 Å². The van der Waals surface area contributed by atoms with E-state index in [1.165, 1.54) is 11.1 Å². The van der Waals surface area contributed by atoms with Gasteiger partial charge < -0.3 is 9.84 Å². The molecule has 72 valence electrons. The number of aliphatic hydroxyl groups is 1. The smallest absolute Gasteiger partial charge is 0.122 e. The summed E-state index contributed by atoms with van der Waals surface area (Å²) in [6.45, 7) is 4.24. The molecular weight excluding hydrogens is 164 g/mol. The van der Waals surface area contributed by atoms with Crippen LogP contribution in [0, 0.1) is 13.8 Å². The van der Waals surface area contributed by atoms with Crippen molar-refractivity contribution >= 4 is 0 Å². The lowest BCUT2D eigenvalue weighted by atomic mass is 10.0. The minimum Gasteiger partial charge on any atom is -0.496 e. The summed E-state index contributed by atoms with van der Waals surface area (Å²) in [6, 6.07) is 4.10. The highest BCUT2D eigenvalue weighted by molar-refractivity contribution is 5.42. The Balaban J connectivity index is 3.11.